The molecule has 0 saturated carbocycles. The van der Waals surface area contributed by atoms with E-state index in [1.807, 2.05) is 6.92 Å². The molecule has 0 radical (unpaired) electrons. The first-order valence-electron chi connectivity index (χ1n) is 7.86. The lowest BCUT2D eigenvalue weighted by molar-refractivity contribution is -0.124. The first-order valence-corrected chi connectivity index (χ1v) is 7.86. The van der Waals surface area contributed by atoms with Crippen LogP contribution in [0.4, 0.5) is 0 Å². The predicted octanol–water partition coefficient (Wildman–Crippen LogP) is 2.16. The molecule has 0 spiro atoms. The van der Waals surface area contributed by atoms with Gasteiger partial charge in [-0.1, -0.05) is 33.6 Å². The molecule has 120 valence electrons. The summed E-state index contributed by atoms with van der Waals surface area (Å²) in [5.74, 6) is 0.283. The van der Waals surface area contributed by atoms with Gasteiger partial charge in [-0.25, -0.2) is 0 Å². The van der Waals surface area contributed by atoms with E-state index in [0.717, 1.165) is 32.4 Å². The van der Waals surface area contributed by atoms with Gasteiger partial charge in [-0.15, -0.1) is 12.4 Å². The van der Waals surface area contributed by atoms with Crippen molar-refractivity contribution in [3.05, 3.63) is 0 Å². The van der Waals surface area contributed by atoms with Gasteiger partial charge in [-0.3, -0.25) is 4.79 Å². The summed E-state index contributed by atoms with van der Waals surface area (Å²) in [5, 5.41) is 3.12. The van der Waals surface area contributed by atoms with Crippen molar-refractivity contribution in [3.8, 4) is 0 Å². The standard InChI is InChI=1S/C15H31N3O.ClH/c1-4-6-9-18-10-7-13(8-11-18)17-15(19)14(16)12(3)5-2;/h12-14H,4-11,16H2,1-3H3,(H,17,19);1H. The van der Waals surface area contributed by atoms with Crippen LogP contribution in [0.1, 0.15) is 52.9 Å². The van der Waals surface area contributed by atoms with Gasteiger partial charge in [0.05, 0.1) is 6.04 Å². The fourth-order valence-corrected chi connectivity index (χ4v) is 2.49. The van der Waals surface area contributed by atoms with Crippen LogP contribution < -0.4 is 11.1 Å². The number of hydrogen-bond donors (Lipinski definition) is 2. The van der Waals surface area contributed by atoms with E-state index in [-0.39, 0.29) is 30.3 Å². The maximum atomic E-state index is 12.0. The zero-order valence-electron chi connectivity index (χ0n) is 13.2. The van der Waals surface area contributed by atoms with E-state index in [4.69, 9.17) is 5.73 Å². The number of amides is 1. The summed E-state index contributed by atoms with van der Waals surface area (Å²) in [6.07, 6.45) is 5.59. The number of unbranched alkanes of at least 4 members (excludes halogenated alkanes) is 1. The maximum Gasteiger partial charge on any atom is 0.237 e. The van der Waals surface area contributed by atoms with Crippen LogP contribution in [0.15, 0.2) is 0 Å². The molecule has 3 N–H and O–H groups in total. The van der Waals surface area contributed by atoms with E-state index < -0.39 is 0 Å². The van der Waals surface area contributed by atoms with E-state index in [2.05, 4.69) is 24.1 Å². The van der Waals surface area contributed by atoms with E-state index in [9.17, 15) is 4.79 Å². The number of nitrogens with one attached hydrogen (secondary N) is 1. The minimum absolute atomic E-state index is 0. The average molecular weight is 306 g/mol. The van der Waals surface area contributed by atoms with Crippen molar-refractivity contribution in [2.24, 2.45) is 11.7 Å². The van der Waals surface area contributed by atoms with Crippen LogP contribution in [0.2, 0.25) is 0 Å². The Bertz CT molecular complexity index is 268. The van der Waals surface area contributed by atoms with Gasteiger partial charge >= 0.3 is 0 Å². The van der Waals surface area contributed by atoms with Crippen molar-refractivity contribution in [2.45, 2.75) is 65.0 Å². The number of likely N-dealkylation sites (tertiary alicyclic amines) is 1. The van der Waals surface area contributed by atoms with Crippen LogP contribution >= 0.6 is 12.4 Å². The first-order chi connectivity index (χ1) is 9.08. The molecule has 0 aliphatic carbocycles. The smallest absolute Gasteiger partial charge is 0.237 e. The molecule has 1 aliphatic heterocycles. The third-order valence-corrected chi connectivity index (χ3v) is 4.32. The van der Waals surface area contributed by atoms with Gasteiger partial charge in [0.25, 0.3) is 0 Å². The molecule has 1 amide bonds. The molecule has 1 heterocycles. The molecule has 1 aliphatic rings. The molecule has 0 aromatic heterocycles. The first kappa shape index (κ1) is 19.7. The van der Waals surface area contributed by atoms with E-state index in [0.29, 0.717) is 6.04 Å². The van der Waals surface area contributed by atoms with E-state index >= 15 is 0 Å². The van der Waals surface area contributed by atoms with Crippen molar-refractivity contribution in [3.63, 3.8) is 0 Å². The predicted molar refractivity (Wildman–Crippen MR) is 87.2 cm³/mol. The summed E-state index contributed by atoms with van der Waals surface area (Å²) in [4.78, 5) is 14.5. The van der Waals surface area contributed by atoms with Crippen molar-refractivity contribution < 1.29 is 4.79 Å². The highest BCUT2D eigenvalue weighted by Crippen LogP contribution is 2.12. The van der Waals surface area contributed by atoms with E-state index in [1.54, 1.807) is 0 Å². The highest BCUT2D eigenvalue weighted by molar-refractivity contribution is 5.85. The molecular weight excluding hydrogens is 274 g/mol. The van der Waals surface area contributed by atoms with Crippen molar-refractivity contribution in [2.75, 3.05) is 19.6 Å². The van der Waals surface area contributed by atoms with Gasteiger partial charge in [0, 0.05) is 19.1 Å². The number of carbonyl (C=O) groups is 1. The molecule has 5 heteroatoms. The van der Waals surface area contributed by atoms with Gasteiger partial charge in [0.15, 0.2) is 0 Å². The molecule has 20 heavy (non-hydrogen) atoms. The summed E-state index contributed by atoms with van der Waals surface area (Å²) in [5.41, 5.74) is 5.96. The third-order valence-electron chi connectivity index (χ3n) is 4.32. The monoisotopic (exact) mass is 305 g/mol. The fourth-order valence-electron chi connectivity index (χ4n) is 2.49. The van der Waals surface area contributed by atoms with Crippen LogP contribution in [0.3, 0.4) is 0 Å². The Labute approximate surface area is 130 Å². The molecule has 0 aromatic carbocycles. The van der Waals surface area contributed by atoms with Gasteiger partial charge in [0.1, 0.15) is 0 Å². The van der Waals surface area contributed by atoms with Gasteiger partial charge in [-0.2, -0.15) is 0 Å². The summed E-state index contributed by atoms with van der Waals surface area (Å²) >= 11 is 0. The van der Waals surface area contributed by atoms with Crippen LogP contribution in [-0.2, 0) is 4.79 Å². The van der Waals surface area contributed by atoms with Crippen molar-refractivity contribution in [1.82, 2.24) is 10.2 Å². The molecule has 4 nitrogen and oxygen atoms in total. The second kappa shape index (κ2) is 10.4. The van der Waals surface area contributed by atoms with Gasteiger partial charge < -0.3 is 16.0 Å². The Balaban J connectivity index is 0.00000361. The summed E-state index contributed by atoms with van der Waals surface area (Å²) in [7, 11) is 0. The van der Waals surface area contributed by atoms with Gasteiger partial charge in [-0.05, 0) is 31.7 Å². The summed E-state index contributed by atoms with van der Waals surface area (Å²) in [6, 6.07) is -0.0383. The molecule has 2 atom stereocenters. The Morgan fingerprint density at radius 3 is 2.45 bits per heavy atom. The van der Waals surface area contributed by atoms with Crippen LogP contribution in [0.25, 0.3) is 0 Å². The van der Waals surface area contributed by atoms with Crippen molar-refractivity contribution in [1.29, 1.82) is 0 Å². The van der Waals surface area contributed by atoms with Crippen molar-refractivity contribution >= 4 is 18.3 Å². The SMILES string of the molecule is CCCCN1CCC(NC(=O)C(N)C(C)CC)CC1.Cl. The lowest BCUT2D eigenvalue weighted by Gasteiger charge is -2.33. The molecule has 1 rings (SSSR count). The van der Waals surface area contributed by atoms with Gasteiger partial charge in [0.2, 0.25) is 5.91 Å². The highest BCUT2D eigenvalue weighted by Gasteiger charge is 2.24. The molecule has 1 saturated heterocycles. The summed E-state index contributed by atoms with van der Waals surface area (Å²) in [6.45, 7) is 9.74. The molecule has 0 bridgehead atoms. The second-order valence-corrected chi connectivity index (χ2v) is 5.89. The number of nitrogens with zero attached hydrogens (tertiary/aromatic N) is 1. The minimum atomic E-state index is -0.358. The Kier molecular flexibility index (Phi) is 10.2. The maximum absolute atomic E-state index is 12.0. The minimum Gasteiger partial charge on any atom is -0.352 e. The molecule has 1 fully saturated rings. The molecule has 2 unspecified atom stereocenters. The zero-order chi connectivity index (χ0) is 14.3. The Hall–Kier alpha value is -0.320. The van der Waals surface area contributed by atoms with E-state index in [1.165, 1.54) is 19.4 Å². The van der Waals surface area contributed by atoms with Crippen LogP contribution in [0, 0.1) is 5.92 Å². The second-order valence-electron chi connectivity index (χ2n) is 5.89. The summed E-state index contributed by atoms with van der Waals surface area (Å²) < 4.78 is 0. The number of piperidine rings is 1. The zero-order valence-corrected chi connectivity index (χ0v) is 14.0. The Morgan fingerprint density at radius 1 is 1.35 bits per heavy atom. The number of rotatable bonds is 7. The molecule has 0 aromatic rings. The fraction of sp³-hybridized carbons (Fsp3) is 0.933. The Morgan fingerprint density at radius 2 is 1.95 bits per heavy atom. The third kappa shape index (κ3) is 6.42. The topological polar surface area (TPSA) is 58.4 Å². The average Bonchev–Trinajstić information content (AvgIpc) is 2.44. The normalized spacial score (nSPS) is 20.0. The number of carbonyl (C=O) groups excluding carboxylic acids is 1. The highest BCUT2D eigenvalue weighted by atomic mass is 35.5. The lowest BCUT2D eigenvalue weighted by atomic mass is 9.98. The number of halogens is 1. The van der Waals surface area contributed by atoms with Crippen LogP contribution in [0.5, 0.6) is 0 Å². The number of hydrogen-bond acceptors (Lipinski definition) is 3. The lowest BCUT2D eigenvalue weighted by Crippen LogP contribution is -2.51. The van der Waals surface area contributed by atoms with Crippen LogP contribution in [-0.4, -0.2) is 42.5 Å². The quantitative estimate of drug-likeness (QED) is 0.758. The molecular formula is C15H32ClN3O. The number of nitrogens with two attached hydrogens (primary N) is 1. The largest absolute Gasteiger partial charge is 0.352 e.